The highest BCUT2D eigenvalue weighted by molar-refractivity contribution is 7.90. The lowest BCUT2D eigenvalue weighted by molar-refractivity contribution is -0.124. The molecule has 0 unspecified atom stereocenters. The van der Waals surface area contributed by atoms with Crippen LogP contribution in [0.25, 0.3) is 17.3 Å². The Hall–Kier alpha value is -3.32. The number of carbonyl (C=O) groups is 1. The number of nitrogens with one attached hydrogen (secondary N) is 1. The van der Waals surface area contributed by atoms with Crippen LogP contribution in [0.15, 0.2) is 59.9 Å². The lowest BCUT2D eigenvalue weighted by Crippen LogP contribution is -2.38. The third-order valence-electron chi connectivity index (χ3n) is 5.24. The van der Waals surface area contributed by atoms with E-state index < -0.39 is 15.9 Å². The number of morpholine rings is 1. The highest BCUT2D eigenvalue weighted by Gasteiger charge is 2.17. The zero-order valence-corrected chi connectivity index (χ0v) is 18.6. The van der Waals surface area contributed by atoms with Crippen LogP contribution in [0.5, 0.6) is 0 Å². The van der Waals surface area contributed by atoms with Crippen molar-refractivity contribution in [1.29, 1.82) is 0 Å². The van der Waals surface area contributed by atoms with Crippen LogP contribution >= 0.6 is 0 Å². The zero-order chi connectivity index (χ0) is 23.3. The molecule has 0 atom stereocenters. The molecule has 0 aliphatic carbocycles. The second kappa shape index (κ2) is 10.1. The molecule has 174 valence electrons. The maximum absolute atomic E-state index is 12.9. The van der Waals surface area contributed by atoms with E-state index in [1.54, 1.807) is 22.9 Å². The summed E-state index contributed by atoms with van der Waals surface area (Å²) in [5.74, 6) is -0.709. The Bertz CT molecular complexity index is 1230. The van der Waals surface area contributed by atoms with E-state index >= 15 is 0 Å². The molecule has 1 aliphatic rings. The maximum atomic E-state index is 12.9. The number of ether oxygens (including phenoxy) is 1. The zero-order valence-electron chi connectivity index (χ0n) is 17.7. The molecular weight excluding hydrogens is 448 g/mol. The summed E-state index contributed by atoms with van der Waals surface area (Å²) in [6.07, 6.45) is 7.10. The lowest BCUT2D eigenvalue weighted by Gasteiger charge is -2.26. The molecule has 1 fully saturated rings. The van der Waals surface area contributed by atoms with Crippen LogP contribution in [0.1, 0.15) is 5.56 Å². The second-order valence-electron chi connectivity index (χ2n) is 7.43. The molecule has 1 aliphatic heterocycles. The molecule has 0 radical (unpaired) electrons. The molecule has 0 spiro atoms. The van der Waals surface area contributed by atoms with Gasteiger partial charge >= 0.3 is 0 Å². The number of hydrogen-bond acceptors (Lipinski definition) is 8. The van der Waals surface area contributed by atoms with Gasteiger partial charge in [0.2, 0.25) is 0 Å². The Kier molecular flexibility index (Phi) is 6.99. The Morgan fingerprint density at radius 3 is 2.61 bits per heavy atom. The Morgan fingerprint density at radius 2 is 1.88 bits per heavy atom. The molecule has 3 aromatic rings. The van der Waals surface area contributed by atoms with Crippen LogP contribution in [0.3, 0.4) is 0 Å². The normalized spacial score (nSPS) is 15.2. The summed E-state index contributed by atoms with van der Waals surface area (Å²) < 4.78 is 34.0. The third-order valence-corrected chi connectivity index (χ3v) is 6.89. The summed E-state index contributed by atoms with van der Waals surface area (Å²) in [5, 5.41) is 16.9. The minimum absolute atomic E-state index is 0.116. The molecule has 1 saturated heterocycles. The van der Waals surface area contributed by atoms with Crippen LogP contribution < -0.4 is 5.48 Å². The Balaban J connectivity index is 1.42. The minimum atomic E-state index is -3.80. The molecule has 1 aromatic carbocycles. The summed E-state index contributed by atoms with van der Waals surface area (Å²) in [5.41, 5.74) is 3.39. The number of aromatic nitrogens is 4. The van der Waals surface area contributed by atoms with E-state index in [1.807, 2.05) is 6.20 Å². The standard InChI is InChI=1S/C21H24N6O5S/c28-21(23-29)6-1-17-7-8-27(15-17)33(30,31)19-4-2-18(3-5-19)20-16-26(24-22-20)10-9-25-11-13-32-14-12-25/h1-8,15-16,29H,9-14H2,(H,23,28). The van der Waals surface area contributed by atoms with Crippen LogP contribution in [-0.2, 0) is 26.1 Å². The van der Waals surface area contributed by atoms with Crippen molar-refractivity contribution >= 4 is 22.0 Å². The quantitative estimate of drug-likeness (QED) is 0.280. The van der Waals surface area contributed by atoms with E-state index in [0.717, 1.165) is 48.5 Å². The molecule has 12 heteroatoms. The summed E-state index contributed by atoms with van der Waals surface area (Å²) in [7, 11) is -3.80. The van der Waals surface area contributed by atoms with Gasteiger partial charge in [-0.2, -0.15) is 0 Å². The number of carbonyl (C=O) groups excluding carboxylic acids is 1. The van der Waals surface area contributed by atoms with Gasteiger partial charge in [0.05, 0.1) is 30.9 Å². The van der Waals surface area contributed by atoms with E-state index in [9.17, 15) is 13.2 Å². The van der Waals surface area contributed by atoms with Gasteiger partial charge in [-0.25, -0.2) is 17.9 Å². The summed E-state index contributed by atoms with van der Waals surface area (Å²) in [6, 6.07) is 7.97. The van der Waals surface area contributed by atoms with Gasteiger partial charge in [0.25, 0.3) is 15.9 Å². The van der Waals surface area contributed by atoms with Crippen molar-refractivity contribution in [2.24, 2.45) is 0 Å². The predicted octanol–water partition coefficient (Wildman–Crippen LogP) is 0.834. The van der Waals surface area contributed by atoms with Crippen LogP contribution in [0.4, 0.5) is 0 Å². The van der Waals surface area contributed by atoms with Crippen molar-refractivity contribution in [3.8, 4) is 11.3 Å². The largest absolute Gasteiger partial charge is 0.379 e. The van der Waals surface area contributed by atoms with Crippen molar-refractivity contribution < 1.29 is 23.2 Å². The minimum Gasteiger partial charge on any atom is -0.379 e. The number of benzene rings is 1. The van der Waals surface area contributed by atoms with Gasteiger partial charge in [-0.1, -0.05) is 17.3 Å². The molecule has 2 aromatic heterocycles. The Labute approximate surface area is 190 Å². The van der Waals surface area contributed by atoms with Crippen molar-refractivity contribution in [3.63, 3.8) is 0 Å². The van der Waals surface area contributed by atoms with Crippen molar-refractivity contribution in [1.82, 2.24) is 29.3 Å². The SMILES string of the molecule is O=C(C=Cc1ccn(S(=O)(=O)c2ccc(-c3cn(CCN4CCOCC4)nn3)cc2)c1)NO. The fourth-order valence-corrected chi connectivity index (χ4v) is 4.58. The molecule has 1 amide bonds. The van der Waals surface area contributed by atoms with Crippen LogP contribution in [0, 0.1) is 0 Å². The van der Waals surface area contributed by atoms with E-state index in [1.165, 1.54) is 36.1 Å². The average molecular weight is 473 g/mol. The van der Waals surface area contributed by atoms with Gasteiger partial charge in [-0.05, 0) is 29.8 Å². The molecule has 11 nitrogen and oxygen atoms in total. The molecule has 33 heavy (non-hydrogen) atoms. The number of nitrogens with zero attached hydrogens (tertiary/aromatic N) is 5. The highest BCUT2D eigenvalue weighted by atomic mass is 32.2. The van der Waals surface area contributed by atoms with Gasteiger partial charge in [-0.15, -0.1) is 5.10 Å². The van der Waals surface area contributed by atoms with Crippen molar-refractivity contribution in [2.75, 3.05) is 32.8 Å². The van der Waals surface area contributed by atoms with E-state index in [0.29, 0.717) is 17.8 Å². The van der Waals surface area contributed by atoms with Gasteiger partial charge in [0.1, 0.15) is 5.69 Å². The summed E-state index contributed by atoms with van der Waals surface area (Å²) in [6.45, 7) is 4.90. The van der Waals surface area contributed by atoms with E-state index in [2.05, 4.69) is 15.2 Å². The van der Waals surface area contributed by atoms with Crippen molar-refractivity contribution in [3.05, 3.63) is 60.6 Å². The predicted molar refractivity (Wildman–Crippen MR) is 119 cm³/mol. The number of hydrogen-bond donors (Lipinski definition) is 2. The van der Waals surface area contributed by atoms with Gasteiger partial charge in [-0.3, -0.25) is 19.6 Å². The first-order valence-electron chi connectivity index (χ1n) is 10.3. The Morgan fingerprint density at radius 1 is 1.12 bits per heavy atom. The maximum Gasteiger partial charge on any atom is 0.267 e. The lowest BCUT2D eigenvalue weighted by atomic mass is 10.2. The fourth-order valence-electron chi connectivity index (χ4n) is 3.38. The highest BCUT2D eigenvalue weighted by Crippen LogP contribution is 2.21. The van der Waals surface area contributed by atoms with E-state index in [4.69, 9.17) is 9.94 Å². The smallest absolute Gasteiger partial charge is 0.267 e. The van der Waals surface area contributed by atoms with Gasteiger partial charge in [0.15, 0.2) is 0 Å². The first-order valence-corrected chi connectivity index (χ1v) is 11.8. The summed E-state index contributed by atoms with van der Waals surface area (Å²) >= 11 is 0. The first-order chi connectivity index (χ1) is 16.0. The number of rotatable bonds is 8. The molecule has 4 rings (SSSR count). The molecular formula is C21H24N6O5S. The monoisotopic (exact) mass is 472 g/mol. The average Bonchev–Trinajstić information content (AvgIpc) is 3.52. The summed E-state index contributed by atoms with van der Waals surface area (Å²) in [4.78, 5) is 13.5. The molecule has 0 bridgehead atoms. The first kappa shape index (κ1) is 22.9. The molecule has 2 N–H and O–H groups in total. The van der Waals surface area contributed by atoms with Crippen LogP contribution in [0.2, 0.25) is 0 Å². The fraction of sp³-hybridized carbons (Fsp3) is 0.286. The molecule has 3 heterocycles. The molecule has 0 saturated carbocycles. The van der Waals surface area contributed by atoms with Crippen molar-refractivity contribution in [2.45, 2.75) is 11.4 Å². The van der Waals surface area contributed by atoms with E-state index in [-0.39, 0.29) is 4.90 Å². The van der Waals surface area contributed by atoms with Gasteiger partial charge < -0.3 is 4.74 Å². The second-order valence-corrected chi connectivity index (χ2v) is 9.28. The van der Waals surface area contributed by atoms with Gasteiger partial charge in [0, 0.05) is 43.7 Å². The third kappa shape index (κ3) is 5.54. The van der Waals surface area contributed by atoms with Crippen LogP contribution in [-0.4, -0.2) is 76.2 Å². The topological polar surface area (TPSA) is 132 Å². The number of hydroxylamine groups is 1. The number of amides is 1.